The van der Waals surface area contributed by atoms with E-state index in [9.17, 15) is 14.7 Å². The zero-order valence-corrected chi connectivity index (χ0v) is 18.9. The van der Waals surface area contributed by atoms with Gasteiger partial charge < -0.3 is 24.2 Å². The Morgan fingerprint density at radius 2 is 1.90 bits per heavy atom. The third-order valence-corrected chi connectivity index (χ3v) is 5.93. The standard InChI is InChI=1S/C23H27NO6S/c1-14(2)30-11-6-10-24-20(18-7-5-12-31-18)19(22(26)23(24)27)21(25)15-8-9-16(28-3)17(13-15)29-4/h5,7-9,12-14,20,25H,6,10-11H2,1-4H3/b21-19-. The van der Waals surface area contributed by atoms with Crippen LogP contribution in [0.5, 0.6) is 11.5 Å². The summed E-state index contributed by atoms with van der Waals surface area (Å²) in [7, 11) is 3.01. The number of likely N-dealkylation sites (tertiary alicyclic amines) is 1. The average Bonchev–Trinajstić information content (AvgIpc) is 3.37. The monoisotopic (exact) mass is 445 g/mol. The Morgan fingerprint density at radius 1 is 1.16 bits per heavy atom. The van der Waals surface area contributed by atoms with Crippen molar-refractivity contribution in [1.82, 2.24) is 4.90 Å². The summed E-state index contributed by atoms with van der Waals surface area (Å²) in [6, 6.07) is 7.94. The van der Waals surface area contributed by atoms with Crippen molar-refractivity contribution in [2.24, 2.45) is 0 Å². The lowest BCUT2D eigenvalue weighted by Gasteiger charge is -2.24. The summed E-state index contributed by atoms with van der Waals surface area (Å²) in [6.07, 6.45) is 0.678. The summed E-state index contributed by atoms with van der Waals surface area (Å²) >= 11 is 1.43. The van der Waals surface area contributed by atoms with Gasteiger partial charge in [0.1, 0.15) is 5.76 Å². The molecule has 1 unspecified atom stereocenters. The van der Waals surface area contributed by atoms with E-state index in [-0.39, 0.29) is 17.4 Å². The van der Waals surface area contributed by atoms with Crippen LogP contribution in [0.1, 0.15) is 36.8 Å². The molecular weight excluding hydrogens is 418 g/mol. The Kier molecular flexibility index (Phi) is 7.35. The molecule has 1 saturated heterocycles. The van der Waals surface area contributed by atoms with Crippen LogP contribution in [-0.4, -0.2) is 55.2 Å². The van der Waals surface area contributed by atoms with Crippen molar-refractivity contribution in [2.75, 3.05) is 27.4 Å². The zero-order valence-electron chi connectivity index (χ0n) is 18.1. The fourth-order valence-electron chi connectivity index (χ4n) is 3.55. The molecule has 166 valence electrons. The molecule has 1 aliphatic rings. The number of rotatable bonds is 9. The average molecular weight is 446 g/mol. The van der Waals surface area contributed by atoms with Crippen LogP contribution in [0, 0.1) is 0 Å². The number of nitrogens with zero attached hydrogens (tertiary/aromatic N) is 1. The van der Waals surface area contributed by atoms with Crippen LogP contribution in [0.4, 0.5) is 0 Å². The molecule has 1 N–H and O–H groups in total. The highest BCUT2D eigenvalue weighted by atomic mass is 32.1. The fraction of sp³-hybridized carbons (Fsp3) is 0.391. The maximum Gasteiger partial charge on any atom is 0.295 e. The zero-order chi connectivity index (χ0) is 22.5. The van der Waals surface area contributed by atoms with E-state index in [2.05, 4.69) is 0 Å². The Morgan fingerprint density at radius 3 is 2.52 bits per heavy atom. The predicted octanol–water partition coefficient (Wildman–Crippen LogP) is 4.00. The van der Waals surface area contributed by atoms with E-state index in [0.717, 1.165) is 4.88 Å². The minimum Gasteiger partial charge on any atom is -0.507 e. The van der Waals surface area contributed by atoms with Gasteiger partial charge >= 0.3 is 0 Å². The summed E-state index contributed by atoms with van der Waals surface area (Å²) in [4.78, 5) is 28.2. The first-order chi connectivity index (χ1) is 14.9. The van der Waals surface area contributed by atoms with Crippen LogP contribution in [0.15, 0.2) is 41.3 Å². The van der Waals surface area contributed by atoms with Crippen LogP contribution in [0.3, 0.4) is 0 Å². The van der Waals surface area contributed by atoms with Gasteiger partial charge in [-0.25, -0.2) is 0 Å². The van der Waals surface area contributed by atoms with Crippen molar-refractivity contribution in [3.05, 3.63) is 51.7 Å². The third kappa shape index (κ3) is 4.75. The van der Waals surface area contributed by atoms with Gasteiger partial charge in [-0.3, -0.25) is 9.59 Å². The van der Waals surface area contributed by atoms with E-state index in [4.69, 9.17) is 14.2 Å². The molecule has 1 atom stereocenters. The highest BCUT2D eigenvalue weighted by Gasteiger charge is 2.46. The van der Waals surface area contributed by atoms with Gasteiger partial charge in [-0.2, -0.15) is 0 Å². The number of ketones is 1. The van der Waals surface area contributed by atoms with Gasteiger partial charge in [0, 0.05) is 23.6 Å². The van der Waals surface area contributed by atoms with Crippen LogP contribution in [-0.2, 0) is 14.3 Å². The molecule has 1 fully saturated rings. The van der Waals surface area contributed by atoms with Gasteiger partial charge in [0.15, 0.2) is 11.5 Å². The van der Waals surface area contributed by atoms with Crippen LogP contribution in [0.25, 0.3) is 5.76 Å². The molecule has 0 aliphatic carbocycles. The van der Waals surface area contributed by atoms with Crippen molar-refractivity contribution in [2.45, 2.75) is 32.4 Å². The molecule has 0 radical (unpaired) electrons. The Hall–Kier alpha value is -2.84. The Bertz CT molecular complexity index is 966. The number of amides is 1. The van der Waals surface area contributed by atoms with E-state index in [1.54, 1.807) is 18.2 Å². The van der Waals surface area contributed by atoms with Crippen LogP contribution in [0.2, 0.25) is 0 Å². The second kappa shape index (κ2) is 9.98. The fourth-order valence-corrected chi connectivity index (χ4v) is 4.39. The first-order valence-corrected chi connectivity index (χ1v) is 10.9. The molecule has 31 heavy (non-hydrogen) atoms. The molecule has 2 aromatic rings. The number of hydrogen-bond acceptors (Lipinski definition) is 7. The number of ether oxygens (including phenoxy) is 3. The van der Waals surface area contributed by atoms with Crippen molar-refractivity contribution in [3.63, 3.8) is 0 Å². The highest BCUT2D eigenvalue weighted by molar-refractivity contribution is 7.10. The minimum absolute atomic E-state index is 0.0736. The quantitative estimate of drug-likeness (QED) is 0.272. The molecule has 0 spiro atoms. The number of aliphatic hydroxyl groups excluding tert-OH is 1. The summed E-state index contributed by atoms with van der Waals surface area (Å²) in [6.45, 7) is 4.72. The Labute approximate surface area is 185 Å². The summed E-state index contributed by atoms with van der Waals surface area (Å²) in [5, 5.41) is 13.0. The van der Waals surface area contributed by atoms with Gasteiger partial charge in [0.2, 0.25) is 0 Å². The number of carbonyl (C=O) groups is 2. The van der Waals surface area contributed by atoms with Gasteiger partial charge in [0.25, 0.3) is 11.7 Å². The first-order valence-electron chi connectivity index (χ1n) is 10.0. The molecule has 0 bridgehead atoms. The SMILES string of the molecule is COc1ccc(/C(O)=C2/C(=O)C(=O)N(CCCOC(C)C)C2c2cccs2)cc1OC. The number of thiophene rings is 1. The lowest BCUT2D eigenvalue weighted by atomic mass is 9.99. The molecular formula is C23H27NO6S. The van der Waals surface area contributed by atoms with Crippen molar-refractivity contribution in [3.8, 4) is 11.5 Å². The lowest BCUT2D eigenvalue weighted by molar-refractivity contribution is -0.140. The maximum atomic E-state index is 13.0. The second-order valence-electron chi connectivity index (χ2n) is 7.35. The molecule has 3 rings (SSSR count). The van der Waals surface area contributed by atoms with E-state index in [1.165, 1.54) is 30.5 Å². The van der Waals surface area contributed by atoms with Gasteiger partial charge in [0.05, 0.1) is 31.9 Å². The van der Waals surface area contributed by atoms with E-state index >= 15 is 0 Å². The molecule has 2 heterocycles. The normalized spacial score (nSPS) is 18.1. The summed E-state index contributed by atoms with van der Waals surface area (Å²) in [5.41, 5.74) is 0.449. The summed E-state index contributed by atoms with van der Waals surface area (Å²) < 4.78 is 16.1. The number of hydrogen-bond donors (Lipinski definition) is 1. The smallest absolute Gasteiger partial charge is 0.295 e. The predicted molar refractivity (Wildman–Crippen MR) is 119 cm³/mol. The highest BCUT2D eigenvalue weighted by Crippen LogP contribution is 2.42. The van der Waals surface area contributed by atoms with E-state index in [1.807, 2.05) is 31.4 Å². The second-order valence-corrected chi connectivity index (χ2v) is 8.33. The number of methoxy groups -OCH3 is 2. The molecule has 1 aliphatic heterocycles. The number of Topliss-reactive ketones (excluding diaryl/α,β-unsaturated/α-hetero) is 1. The van der Waals surface area contributed by atoms with Crippen molar-refractivity contribution < 1.29 is 28.9 Å². The molecule has 8 heteroatoms. The number of benzene rings is 1. The Balaban J connectivity index is 2.01. The number of aliphatic hydroxyl groups is 1. The van der Waals surface area contributed by atoms with Gasteiger partial charge in [-0.1, -0.05) is 6.07 Å². The van der Waals surface area contributed by atoms with E-state index in [0.29, 0.717) is 36.6 Å². The van der Waals surface area contributed by atoms with Crippen LogP contribution < -0.4 is 9.47 Å². The molecule has 7 nitrogen and oxygen atoms in total. The molecule has 1 amide bonds. The molecule has 0 saturated carbocycles. The molecule has 1 aromatic heterocycles. The van der Waals surface area contributed by atoms with Crippen molar-refractivity contribution >= 4 is 28.8 Å². The maximum absolute atomic E-state index is 13.0. The number of carbonyl (C=O) groups excluding carboxylic acids is 2. The third-order valence-electron chi connectivity index (χ3n) is 5.00. The minimum atomic E-state index is -0.699. The largest absolute Gasteiger partial charge is 0.507 e. The van der Waals surface area contributed by atoms with Gasteiger partial charge in [-0.05, 0) is 49.9 Å². The lowest BCUT2D eigenvalue weighted by Crippen LogP contribution is -2.31. The van der Waals surface area contributed by atoms with Crippen LogP contribution >= 0.6 is 11.3 Å². The van der Waals surface area contributed by atoms with Gasteiger partial charge in [-0.15, -0.1) is 11.3 Å². The molecule has 1 aromatic carbocycles. The first kappa shape index (κ1) is 22.8. The topological polar surface area (TPSA) is 85.3 Å². The van der Waals surface area contributed by atoms with Crippen molar-refractivity contribution in [1.29, 1.82) is 0 Å². The summed E-state index contributed by atoms with van der Waals surface area (Å²) in [5.74, 6) is -0.641. The van der Waals surface area contributed by atoms with E-state index < -0.39 is 17.7 Å².